The van der Waals surface area contributed by atoms with Gasteiger partial charge in [-0.2, -0.15) is 0 Å². The Morgan fingerprint density at radius 2 is 1.78 bits per heavy atom. The maximum atomic E-state index is 12.5. The van der Waals surface area contributed by atoms with Gasteiger partial charge in [-0.25, -0.2) is 4.79 Å². The van der Waals surface area contributed by atoms with Crippen molar-refractivity contribution in [2.75, 3.05) is 13.1 Å². The van der Waals surface area contributed by atoms with Crippen molar-refractivity contribution in [3.63, 3.8) is 0 Å². The molecule has 0 saturated heterocycles. The zero-order valence-electron chi connectivity index (χ0n) is 25.1. The van der Waals surface area contributed by atoms with Crippen LogP contribution in [-0.2, 0) is 19.1 Å². The first-order valence-electron chi connectivity index (χ1n) is 15.1. The summed E-state index contributed by atoms with van der Waals surface area (Å²) in [4.78, 5) is 40.7. The number of fused-ring (bicyclic) bond motifs is 5. The van der Waals surface area contributed by atoms with Gasteiger partial charge in [-0.1, -0.05) is 37.6 Å². The first kappa shape index (κ1) is 29.3. The number of esters is 1. The number of allylic oxidation sites excluding steroid dienone is 3. The quantitative estimate of drug-likeness (QED) is 0.345. The lowest BCUT2D eigenvalue weighted by molar-refractivity contribution is -0.151. The van der Waals surface area contributed by atoms with Crippen LogP contribution in [0.15, 0.2) is 42.3 Å². The molecule has 0 radical (unpaired) electrons. The average Bonchev–Trinajstić information content (AvgIpc) is 3.28. The number of hydrogen-bond donors (Lipinski definition) is 2. The molecular formula is C33H45N3O5. The van der Waals surface area contributed by atoms with Crippen LogP contribution in [-0.4, -0.2) is 47.7 Å². The summed E-state index contributed by atoms with van der Waals surface area (Å²) in [5.41, 5.74) is 3.89. The van der Waals surface area contributed by atoms with Gasteiger partial charge in [0.2, 0.25) is 5.91 Å². The van der Waals surface area contributed by atoms with Crippen LogP contribution in [0, 0.1) is 28.6 Å². The number of carbonyl (C=O) groups is 3. The van der Waals surface area contributed by atoms with Crippen molar-refractivity contribution in [3.8, 4) is 0 Å². The second-order valence-corrected chi connectivity index (χ2v) is 13.8. The highest BCUT2D eigenvalue weighted by atomic mass is 16.6. The van der Waals surface area contributed by atoms with E-state index in [4.69, 9.17) is 9.47 Å². The van der Waals surface area contributed by atoms with Crippen molar-refractivity contribution < 1.29 is 23.9 Å². The molecule has 41 heavy (non-hydrogen) atoms. The SMILES string of the molecule is CC(C)(C)OC(=O)NCC(=O)NCC(=O)O[C@H]1CC[C@@]2(C)C(=CC[C@@H]3[C@@H]2CC[C@]2(C)C(c4cccnc4)=CC[C@@H]32)C1. The molecule has 2 N–H and O–H groups in total. The number of rotatable bonds is 6. The second kappa shape index (κ2) is 11.3. The number of nitrogens with one attached hydrogen (secondary N) is 2. The molecule has 222 valence electrons. The number of amides is 2. The van der Waals surface area contributed by atoms with E-state index >= 15 is 0 Å². The van der Waals surface area contributed by atoms with E-state index in [9.17, 15) is 14.4 Å². The maximum Gasteiger partial charge on any atom is 0.408 e. The molecule has 4 aliphatic rings. The van der Waals surface area contributed by atoms with Gasteiger partial charge in [-0.3, -0.25) is 14.6 Å². The minimum atomic E-state index is -0.677. The maximum absolute atomic E-state index is 12.5. The third kappa shape index (κ3) is 6.07. The topological polar surface area (TPSA) is 107 Å². The van der Waals surface area contributed by atoms with Gasteiger partial charge in [0, 0.05) is 18.8 Å². The van der Waals surface area contributed by atoms with E-state index in [1.165, 1.54) is 29.6 Å². The molecule has 0 unspecified atom stereocenters. The number of carbonyl (C=O) groups excluding carboxylic acids is 3. The van der Waals surface area contributed by atoms with E-state index in [0.29, 0.717) is 17.8 Å². The first-order valence-corrected chi connectivity index (χ1v) is 15.1. The minimum Gasteiger partial charge on any atom is -0.461 e. The number of hydrogen-bond acceptors (Lipinski definition) is 6. The summed E-state index contributed by atoms with van der Waals surface area (Å²) in [6, 6.07) is 4.24. The van der Waals surface area contributed by atoms with Gasteiger partial charge in [-0.05, 0) is 105 Å². The Hall–Kier alpha value is -3.16. The van der Waals surface area contributed by atoms with Crippen molar-refractivity contribution in [2.24, 2.45) is 28.6 Å². The standard InChI is InChI=1S/C33H45N3O5/c1-31(2,3)41-30(39)36-19-28(37)35-20-29(38)40-23-12-14-32(4)22(17-23)8-9-24-26-11-10-25(21-7-6-16-34-18-21)33(26,5)15-13-27(24)32/h6-8,10,16,18,23-24,26-27H,9,11-15,17,19-20H2,1-5H3,(H,35,37)(H,36,39)/t23-,24-,26-,27-,32-,33+/m0/s1. The summed E-state index contributed by atoms with van der Waals surface area (Å²) < 4.78 is 10.9. The van der Waals surface area contributed by atoms with Crippen LogP contribution in [0.5, 0.6) is 0 Å². The molecule has 2 saturated carbocycles. The molecule has 5 rings (SSSR count). The normalized spacial score (nSPS) is 32.3. The summed E-state index contributed by atoms with van der Waals surface area (Å²) in [7, 11) is 0. The summed E-state index contributed by atoms with van der Waals surface area (Å²) in [5, 5.41) is 4.91. The van der Waals surface area contributed by atoms with E-state index in [0.717, 1.165) is 32.1 Å². The molecule has 8 heteroatoms. The van der Waals surface area contributed by atoms with Crippen LogP contribution in [0.4, 0.5) is 4.79 Å². The molecule has 8 nitrogen and oxygen atoms in total. The highest BCUT2D eigenvalue weighted by molar-refractivity contribution is 5.85. The smallest absolute Gasteiger partial charge is 0.408 e. The van der Waals surface area contributed by atoms with Crippen LogP contribution >= 0.6 is 0 Å². The largest absolute Gasteiger partial charge is 0.461 e. The fourth-order valence-corrected chi connectivity index (χ4v) is 8.19. The summed E-state index contributed by atoms with van der Waals surface area (Å²) in [5.74, 6) is 1.04. The Balaban J connectivity index is 1.13. The van der Waals surface area contributed by atoms with Gasteiger partial charge in [-0.15, -0.1) is 0 Å². The molecule has 0 spiro atoms. The Bertz CT molecular complexity index is 1240. The van der Waals surface area contributed by atoms with Gasteiger partial charge in [0.15, 0.2) is 0 Å². The molecule has 4 aliphatic carbocycles. The Labute approximate surface area is 243 Å². The van der Waals surface area contributed by atoms with Crippen molar-refractivity contribution in [3.05, 3.63) is 47.8 Å². The summed E-state index contributed by atoms with van der Waals surface area (Å²) in [6.07, 6.45) is 15.2. The molecule has 1 heterocycles. The highest BCUT2D eigenvalue weighted by Gasteiger charge is 2.57. The Morgan fingerprint density at radius 3 is 2.51 bits per heavy atom. The molecule has 0 aromatic carbocycles. The van der Waals surface area contributed by atoms with Crippen LogP contribution < -0.4 is 10.6 Å². The summed E-state index contributed by atoms with van der Waals surface area (Å²) in [6.45, 7) is 9.67. The molecule has 2 amide bonds. The Morgan fingerprint density at radius 1 is 1.00 bits per heavy atom. The Kier molecular flexibility index (Phi) is 8.05. The lowest BCUT2D eigenvalue weighted by Crippen LogP contribution is -2.50. The van der Waals surface area contributed by atoms with Crippen molar-refractivity contribution in [1.82, 2.24) is 15.6 Å². The number of pyridine rings is 1. The van der Waals surface area contributed by atoms with Gasteiger partial charge >= 0.3 is 12.1 Å². The van der Waals surface area contributed by atoms with Crippen LogP contribution in [0.2, 0.25) is 0 Å². The number of aromatic nitrogens is 1. The van der Waals surface area contributed by atoms with E-state index in [1.807, 2.05) is 18.5 Å². The zero-order valence-corrected chi connectivity index (χ0v) is 25.1. The predicted molar refractivity (Wildman–Crippen MR) is 156 cm³/mol. The fourth-order valence-electron chi connectivity index (χ4n) is 8.19. The molecule has 6 atom stereocenters. The van der Waals surface area contributed by atoms with E-state index in [-0.39, 0.29) is 30.0 Å². The first-order chi connectivity index (χ1) is 19.4. The van der Waals surface area contributed by atoms with E-state index < -0.39 is 23.6 Å². The molecule has 1 aromatic rings. The lowest BCUT2D eigenvalue weighted by Gasteiger charge is -2.57. The number of ether oxygens (including phenoxy) is 2. The number of alkyl carbamates (subject to hydrolysis) is 1. The van der Waals surface area contributed by atoms with Crippen LogP contribution in [0.3, 0.4) is 0 Å². The third-order valence-corrected chi connectivity index (χ3v) is 10.1. The highest BCUT2D eigenvalue weighted by Crippen LogP contribution is 2.66. The summed E-state index contributed by atoms with van der Waals surface area (Å²) >= 11 is 0. The average molecular weight is 564 g/mol. The van der Waals surface area contributed by atoms with Gasteiger partial charge in [0.1, 0.15) is 24.8 Å². The third-order valence-electron chi connectivity index (χ3n) is 10.1. The molecule has 2 fully saturated rings. The van der Waals surface area contributed by atoms with Crippen molar-refractivity contribution in [2.45, 2.75) is 91.3 Å². The van der Waals surface area contributed by atoms with Gasteiger partial charge in [0.05, 0.1) is 0 Å². The van der Waals surface area contributed by atoms with Crippen molar-refractivity contribution >= 4 is 23.5 Å². The minimum absolute atomic E-state index is 0.145. The molecule has 1 aromatic heterocycles. The lowest BCUT2D eigenvalue weighted by atomic mass is 9.47. The molecular weight excluding hydrogens is 518 g/mol. The molecule has 0 bridgehead atoms. The fraction of sp³-hybridized carbons (Fsp3) is 0.636. The monoisotopic (exact) mass is 563 g/mol. The second-order valence-electron chi connectivity index (χ2n) is 13.8. The van der Waals surface area contributed by atoms with Crippen molar-refractivity contribution in [1.29, 1.82) is 0 Å². The van der Waals surface area contributed by atoms with E-state index in [1.54, 1.807) is 20.8 Å². The van der Waals surface area contributed by atoms with Gasteiger partial charge < -0.3 is 20.1 Å². The molecule has 0 aliphatic heterocycles. The van der Waals surface area contributed by atoms with Crippen LogP contribution in [0.25, 0.3) is 5.57 Å². The predicted octanol–water partition coefficient (Wildman–Crippen LogP) is 5.59. The number of nitrogens with zero attached hydrogens (tertiary/aromatic N) is 1. The van der Waals surface area contributed by atoms with E-state index in [2.05, 4.69) is 47.7 Å². The van der Waals surface area contributed by atoms with Gasteiger partial charge in [0.25, 0.3) is 0 Å². The zero-order chi connectivity index (χ0) is 29.4. The van der Waals surface area contributed by atoms with Crippen LogP contribution in [0.1, 0.15) is 85.1 Å².